The fourth-order valence-electron chi connectivity index (χ4n) is 3.00. The highest BCUT2D eigenvalue weighted by molar-refractivity contribution is 6.02. The van der Waals surface area contributed by atoms with E-state index in [1.165, 1.54) is 6.07 Å². The fraction of sp³-hybridized carbons (Fsp3) is 0.318. The predicted molar refractivity (Wildman–Crippen MR) is 107 cm³/mol. The zero-order chi connectivity index (χ0) is 20.8. The molecule has 0 fully saturated rings. The van der Waals surface area contributed by atoms with E-state index in [1.54, 1.807) is 48.2 Å². The summed E-state index contributed by atoms with van der Waals surface area (Å²) in [7, 11) is 0. The van der Waals surface area contributed by atoms with Gasteiger partial charge in [-0.1, -0.05) is 13.0 Å². The molecule has 0 spiro atoms. The first-order chi connectivity index (χ1) is 14.0. The minimum absolute atomic E-state index is 0.000209. The van der Waals surface area contributed by atoms with Crippen molar-refractivity contribution in [2.24, 2.45) is 0 Å². The monoisotopic (exact) mass is 397 g/mol. The number of fused-ring (bicyclic) bond motifs is 1. The molecule has 0 aromatic heterocycles. The van der Waals surface area contributed by atoms with Crippen LogP contribution < -0.4 is 14.4 Å². The lowest BCUT2D eigenvalue weighted by molar-refractivity contribution is -0.121. The SMILES string of the molecule is CCCN1C(=O)COc2ccc(C(=O)COc3cccc(C(=O)OCC)c3)cc21. The van der Waals surface area contributed by atoms with E-state index in [1.807, 2.05) is 6.92 Å². The van der Waals surface area contributed by atoms with Crippen molar-refractivity contribution in [1.29, 1.82) is 0 Å². The molecule has 0 saturated heterocycles. The molecule has 0 atom stereocenters. The summed E-state index contributed by atoms with van der Waals surface area (Å²) in [5.74, 6) is 0.157. The molecule has 2 aromatic rings. The summed E-state index contributed by atoms with van der Waals surface area (Å²) in [5.41, 5.74) is 1.37. The highest BCUT2D eigenvalue weighted by Crippen LogP contribution is 2.33. The third-order valence-corrected chi connectivity index (χ3v) is 4.39. The second kappa shape index (κ2) is 9.23. The van der Waals surface area contributed by atoms with Crippen LogP contribution in [0.25, 0.3) is 0 Å². The van der Waals surface area contributed by atoms with Crippen molar-refractivity contribution in [2.45, 2.75) is 20.3 Å². The van der Waals surface area contributed by atoms with Gasteiger partial charge in [0, 0.05) is 12.1 Å². The Morgan fingerprint density at radius 1 is 1.10 bits per heavy atom. The summed E-state index contributed by atoms with van der Waals surface area (Å²) in [6, 6.07) is 11.5. The van der Waals surface area contributed by atoms with Gasteiger partial charge >= 0.3 is 5.97 Å². The standard InChI is InChI=1S/C22H23NO6/c1-3-10-23-18-12-15(8-9-20(18)29-14-21(23)25)19(24)13-28-17-7-5-6-16(11-17)22(26)27-4-2/h5-9,11-12H,3-4,10,13-14H2,1-2H3. The van der Waals surface area contributed by atoms with E-state index >= 15 is 0 Å². The molecule has 0 radical (unpaired) electrons. The number of nitrogens with zero attached hydrogens (tertiary/aromatic N) is 1. The molecule has 1 aliphatic heterocycles. The second-order valence-corrected chi connectivity index (χ2v) is 6.48. The molecule has 7 nitrogen and oxygen atoms in total. The number of carbonyl (C=O) groups is 3. The number of ketones is 1. The molecule has 1 heterocycles. The van der Waals surface area contributed by atoms with Crippen LogP contribution in [0.1, 0.15) is 41.0 Å². The first kappa shape index (κ1) is 20.4. The molecular weight excluding hydrogens is 374 g/mol. The molecule has 0 unspecified atom stereocenters. The minimum atomic E-state index is -0.445. The normalized spacial score (nSPS) is 12.8. The van der Waals surface area contributed by atoms with E-state index in [4.69, 9.17) is 14.2 Å². The molecule has 0 saturated carbocycles. The number of hydrogen-bond acceptors (Lipinski definition) is 6. The molecule has 7 heteroatoms. The lowest BCUT2D eigenvalue weighted by Crippen LogP contribution is -2.39. The van der Waals surface area contributed by atoms with Gasteiger partial charge in [-0.15, -0.1) is 0 Å². The Hall–Kier alpha value is -3.35. The van der Waals surface area contributed by atoms with Gasteiger partial charge in [-0.05, 0) is 49.7 Å². The lowest BCUT2D eigenvalue weighted by atomic mass is 10.1. The molecule has 29 heavy (non-hydrogen) atoms. The van der Waals surface area contributed by atoms with Crippen LogP contribution in [-0.2, 0) is 9.53 Å². The second-order valence-electron chi connectivity index (χ2n) is 6.48. The zero-order valence-corrected chi connectivity index (χ0v) is 16.5. The van der Waals surface area contributed by atoms with E-state index < -0.39 is 5.97 Å². The number of rotatable bonds is 8. The fourth-order valence-corrected chi connectivity index (χ4v) is 3.00. The minimum Gasteiger partial charge on any atom is -0.485 e. The molecule has 3 rings (SSSR count). The van der Waals surface area contributed by atoms with Crippen molar-refractivity contribution >= 4 is 23.3 Å². The van der Waals surface area contributed by atoms with Crippen LogP contribution in [0.3, 0.4) is 0 Å². The number of esters is 1. The number of benzene rings is 2. The van der Waals surface area contributed by atoms with Gasteiger partial charge in [-0.25, -0.2) is 4.79 Å². The van der Waals surface area contributed by atoms with Crippen molar-refractivity contribution in [3.8, 4) is 11.5 Å². The topological polar surface area (TPSA) is 82.1 Å². The van der Waals surface area contributed by atoms with Gasteiger partial charge in [0.25, 0.3) is 5.91 Å². The van der Waals surface area contributed by atoms with Crippen molar-refractivity contribution in [3.63, 3.8) is 0 Å². The maximum absolute atomic E-state index is 12.6. The highest BCUT2D eigenvalue weighted by atomic mass is 16.5. The van der Waals surface area contributed by atoms with Gasteiger partial charge in [-0.3, -0.25) is 9.59 Å². The Labute approximate surface area is 169 Å². The van der Waals surface area contributed by atoms with Gasteiger partial charge in [0.1, 0.15) is 11.5 Å². The van der Waals surface area contributed by atoms with Crippen LogP contribution in [0.4, 0.5) is 5.69 Å². The molecule has 0 N–H and O–H groups in total. The third kappa shape index (κ3) is 4.74. The Balaban J connectivity index is 1.71. The molecular formula is C22H23NO6. The van der Waals surface area contributed by atoms with Crippen LogP contribution in [0.2, 0.25) is 0 Å². The molecule has 1 aliphatic rings. The summed E-state index contributed by atoms with van der Waals surface area (Å²) in [6.45, 7) is 4.35. The average Bonchev–Trinajstić information content (AvgIpc) is 2.74. The summed E-state index contributed by atoms with van der Waals surface area (Å²) in [5, 5.41) is 0. The Bertz CT molecular complexity index is 923. The van der Waals surface area contributed by atoms with Crippen LogP contribution in [0.15, 0.2) is 42.5 Å². The van der Waals surface area contributed by atoms with E-state index in [0.717, 1.165) is 6.42 Å². The van der Waals surface area contributed by atoms with Gasteiger partial charge in [0.05, 0.1) is 17.9 Å². The first-order valence-electron chi connectivity index (χ1n) is 9.53. The predicted octanol–water partition coefficient (Wildman–Crippen LogP) is 3.26. The molecule has 0 bridgehead atoms. The number of Topliss-reactive ketones (excluding diaryl/α,β-unsaturated/α-hetero) is 1. The number of amides is 1. The smallest absolute Gasteiger partial charge is 0.338 e. The van der Waals surface area contributed by atoms with Gasteiger partial charge in [-0.2, -0.15) is 0 Å². The van der Waals surface area contributed by atoms with Crippen LogP contribution in [-0.4, -0.2) is 44.0 Å². The molecule has 0 aliphatic carbocycles. The first-order valence-corrected chi connectivity index (χ1v) is 9.53. The highest BCUT2D eigenvalue weighted by Gasteiger charge is 2.26. The number of ether oxygens (including phenoxy) is 3. The van der Waals surface area contributed by atoms with Crippen LogP contribution >= 0.6 is 0 Å². The van der Waals surface area contributed by atoms with Gasteiger partial charge in [0.2, 0.25) is 0 Å². The lowest BCUT2D eigenvalue weighted by Gasteiger charge is -2.29. The van der Waals surface area contributed by atoms with Gasteiger partial charge in [0.15, 0.2) is 19.0 Å². The van der Waals surface area contributed by atoms with Crippen molar-refractivity contribution in [1.82, 2.24) is 0 Å². The van der Waals surface area contributed by atoms with E-state index in [2.05, 4.69) is 0 Å². The van der Waals surface area contributed by atoms with E-state index in [0.29, 0.717) is 34.9 Å². The largest absolute Gasteiger partial charge is 0.485 e. The number of anilines is 1. The Morgan fingerprint density at radius 3 is 2.69 bits per heavy atom. The summed E-state index contributed by atoms with van der Waals surface area (Å²) in [4.78, 5) is 38.2. The van der Waals surface area contributed by atoms with E-state index in [-0.39, 0.29) is 31.5 Å². The Morgan fingerprint density at radius 2 is 1.93 bits per heavy atom. The third-order valence-electron chi connectivity index (χ3n) is 4.39. The zero-order valence-electron chi connectivity index (χ0n) is 16.5. The molecule has 152 valence electrons. The average molecular weight is 397 g/mol. The van der Waals surface area contributed by atoms with Crippen molar-refractivity contribution < 1.29 is 28.6 Å². The van der Waals surface area contributed by atoms with Crippen molar-refractivity contribution in [3.05, 3.63) is 53.6 Å². The maximum Gasteiger partial charge on any atom is 0.338 e. The number of hydrogen-bond donors (Lipinski definition) is 0. The summed E-state index contributed by atoms with van der Waals surface area (Å²) < 4.78 is 16.0. The number of carbonyl (C=O) groups excluding carboxylic acids is 3. The van der Waals surface area contributed by atoms with Crippen LogP contribution in [0, 0.1) is 0 Å². The molecule has 1 amide bonds. The molecule has 2 aromatic carbocycles. The van der Waals surface area contributed by atoms with Crippen LogP contribution in [0.5, 0.6) is 11.5 Å². The summed E-state index contributed by atoms with van der Waals surface area (Å²) >= 11 is 0. The van der Waals surface area contributed by atoms with Gasteiger partial charge < -0.3 is 19.1 Å². The van der Waals surface area contributed by atoms with E-state index in [9.17, 15) is 14.4 Å². The maximum atomic E-state index is 12.6. The summed E-state index contributed by atoms with van der Waals surface area (Å²) in [6.07, 6.45) is 0.795. The Kier molecular flexibility index (Phi) is 6.49. The quantitative estimate of drug-likeness (QED) is 0.502. The van der Waals surface area contributed by atoms with Crippen molar-refractivity contribution in [2.75, 3.05) is 31.3 Å².